The predicted octanol–water partition coefficient (Wildman–Crippen LogP) is 1.24. The fraction of sp³-hybridized carbons (Fsp3) is 0.857. The van der Waals surface area contributed by atoms with Gasteiger partial charge in [0.25, 0.3) is 0 Å². The zero-order chi connectivity index (χ0) is 15.3. The van der Waals surface area contributed by atoms with E-state index in [1.807, 2.05) is 20.8 Å². The summed E-state index contributed by atoms with van der Waals surface area (Å²) < 4.78 is 5.19. The molecule has 116 valence electrons. The lowest BCUT2D eigenvalue weighted by Crippen LogP contribution is -2.53. The monoisotopic (exact) mass is 285 g/mol. The van der Waals surface area contributed by atoms with Crippen molar-refractivity contribution in [1.82, 2.24) is 10.2 Å². The van der Waals surface area contributed by atoms with E-state index >= 15 is 0 Å². The van der Waals surface area contributed by atoms with Gasteiger partial charge in [0.15, 0.2) is 0 Å². The number of nitrogens with two attached hydrogens (primary N) is 1. The van der Waals surface area contributed by atoms with Gasteiger partial charge in [0.1, 0.15) is 5.60 Å². The zero-order valence-corrected chi connectivity index (χ0v) is 12.9. The van der Waals surface area contributed by atoms with Crippen LogP contribution in [0, 0.1) is 0 Å². The maximum absolute atomic E-state index is 12.0. The minimum Gasteiger partial charge on any atom is -0.444 e. The van der Waals surface area contributed by atoms with E-state index < -0.39 is 17.7 Å². The predicted molar refractivity (Wildman–Crippen MR) is 77.2 cm³/mol. The number of nitrogens with one attached hydrogen (secondary N) is 1. The summed E-state index contributed by atoms with van der Waals surface area (Å²) >= 11 is 0. The molecule has 0 aliphatic carbocycles. The summed E-state index contributed by atoms with van der Waals surface area (Å²) in [7, 11) is 0. The van der Waals surface area contributed by atoms with Crippen molar-refractivity contribution in [2.24, 2.45) is 5.73 Å². The van der Waals surface area contributed by atoms with Crippen LogP contribution in [0.2, 0.25) is 0 Å². The Morgan fingerprint density at radius 2 is 2.05 bits per heavy atom. The first kappa shape index (κ1) is 16.8. The maximum Gasteiger partial charge on any atom is 0.407 e. The summed E-state index contributed by atoms with van der Waals surface area (Å²) in [6.07, 6.45) is 2.48. The van der Waals surface area contributed by atoms with E-state index in [2.05, 4.69) is 5.32 Å². The molecular formula is C14H27N3O3. The molecule has 3 N–H and O–H groups in total. The molecule has 0 aromatic heterocycles. The highest BCUT2D eigenvalue weighted by molar-refractivity contribution is 5.81. The molecule has 0 aromatic rings. The van der Waals surface area contributed by atoms with Crippen molar-refractivity contribution in [3.8, 4) is 0 Å². The zero-order valence-electron chi connectivity index (χ0n) is 12.9. The average Bonchev–Trinajstić information content (AvgIpc) is 2.33. The lowest BCUT2D eigenvalue weighted by atomic mass is 10.0. The number of nitrogens with zero attached hydrogens (tertiary/aromatic N) is 1. The SMILES string of the molecule is C[C@H](N)C(=O)N1CCCC[C@@H]1CNC(=O)OC(C)(C)C. The molecule has 2 amide bonds. The molecule has 0 bridgehead atoms. The third-order valence-corrected chi connectivity index (χ3v) is 3.18. The molecule has 0 saturated carbocycles. The number of likely N-dealkylation sites (tertiary alicyclic amines) is 1. The largest absolute Gasteiger partial charge is 0.444 e. The summed E-state index contributed by atoms with van der Waals surface area (Å²) in [4.78, 5) is 25.5. The molecule has 6 heteroatoms. The van der Waals surface area contributed by atoms with Crippen molar-refractivity contribution in [2.75, 3.05) is 13.1 Å². The number of amides is 2. The normalized spacial score (nSPS) is 21.2. The van der Waals surface area contributed by atoms with Crippen molar-refractivity contribution in [2.45, 2.75) is 64.6 Å². The summed E-state index contributed by atoms with van der Waals surface area (Å²) in [5, 5.41) is 2.74. The molecule has 1 aliphatic rings. The number of hydrogen-bond acceptors (Lipinski definition) is 4. The van der Waals surface area contributed by atoms with Gasteiger partial charge in [0, 0.05) is 19.1 Å². The van der Waals surface area contributed by atoms with E-state index in [0.29, 0.717) is 13.1 Å². The standard InChI is InChI=1S/C14H27N3O3/c1-10(15)12(18)17-8-6-5-7-11(17)9-16-13(19)20-14(2,3)4/h10-11H,5-9,15H2,1-4H3,(H,16,19)/t10-,11+/m0/s1. The average molecular weight is 285 g/mol. The van der Waals surface area contributed by atoms with Crippen LogP contribution in [-0.2, 0) is 9.53 Å². The van der Waals surface area contributed by atoms with Crippen LogP contribution in [0.3, 0.4) is 0 Å². The Morgan fingerprint density at radius 3 is 2.60 bits per heavy atom. The second kappa shape index (κ2) is 6.92. The van der Waals surface area contributed by atoms with Crippen molar-refractivity contribution >= 4 is 12.0 Å². The Hall–Kier alpha value is -1.30. The smallest absolute Gasteiger partial charge is 0.407 e. The highest BCUT2D eigenvalue weighted by atomic mass is 16.6. The molecule has 1 aliphatic heterocycles. The number of alkyl carbamates (subject to hydrolysis) is 1. The van der Waals surface area contributed by atoms with E-state index in [9.17, 15) is 9.59 Å². The van der Waals surface area contributed by atoms with Crippen LogP contribution >= 0.6 is 0 Å². The summed E-state index contributed by atoms with van der Waals surface area (Å²) in [5.74, 6) is -0.0549. The van der Waals surface area contributed by atoms with Crippen LogP contribution in [0.25, 0.3) is 0 Å². The molecule has 0 spiro atoms. The second-order valence-electron chi connectivity index (χ2n) is 6.35. The molecule has 20 heavy (non-hydrogen) atoms. The minimum atomic E-state index is -0.516. The van der Waals surface area contributed by atoms with Crippen LogP contribution in [0.4, 0.5) is 4.79 Å². The Kier molecular flexibility index (Phi) is 5.80. The molecule has 0 aromatic carbocycles. The third-order valence-electron chi connectivity index (χ3n) is 3.18. The van der Waals surface area contributed by atoms with Crippen molar-refractivity contribution in [3.05, 3.63) is 0 Å². The van der Waals surface area contributed by atoms with Gasteiger partial charge >= 0.3 is 6.09 Å². The van der Waals surface area contributed by atoms with Gasteiger partial charge in [-0.2, -0.15) is 0 Å². The van der Waals surface area contributed by atoms with Crippen LogP contribution in [0.5, 0.6) is 0 Å². The first-order chi connectivity index (χ1) is 9.20. The Balaban J connectivity index is 2.51. The number of rotatable bonds is 3. The van der Waals surface area contributed by atoms with Crippen LogP contribution < -0.4 is 11.1 Å². The van der Waals surface area contributed by atoms with E-state index in [0.717, 1.165) is 19.3 Å². The highest BCUT2D eigenvalue weighted by Crippen LogP contribution is 2.17. The number of carbonyl (C=O) groups excluding carboxylic acids is 2. The topological polar surface area (TPSA) is 84.7 Å². The lowest BCUT2D eigenvalue weighted by Gasteiger charge is -2.37. The summed E-state index contributed by atoms with van der Waals surface area (Å²) in [6.45, 7) is 8.26. The molecule has 2 atom stereocenters. The molecule has 1 rings (SSSR count). The quantitative estimate of drug-likeness (QED) is 0.817. The van der Waals surface area contributed by atoms with Crippen molar-refractivity contribution in [3.63, 3.8) is 0 Å². The lowest BCUT2D eigenvalue weighted by molar-refractivity contribution is -0.135. The molecular weight excluding hydrogens is 258 g/mol. The van der Waals surface area contributed by atoms with Gasteiger partial charge in [0.2, 0.25) is 5.91 Å². The molecule has 1 saturated heterocycles. The molecule has 0 unspecified atom stereocenters. The summed E-state index contributed by atoms with van der Waals surface area (Å²) in [5.41, 5.74) is 5.15. The van der Waals surface area contributed by atoms with Crippen molar-refractivity contribution < 1.29 is 14.3 Å². The van der Waals surface area contributed by atoms with Crippen LogP contribution in [0.1, 0.15) is 47.0 Å². The highest BCUT2D eigenvalue weighted by Gasteiger charge is 2.29. The molecule has 0 radical (unpaired) electrons. The fourth-order valence-electron chi connectivity index (χ4n) is 2.28. The number of carbonyl (C=O) groups is 2. The van der Waals surface area contributed by atoms with E-state index in [-0.39, 0.29) is 11.9 Å². The minimum absolute atomic E-state index is 0.00904. The van der Waals surface area contributed by atoms with Gasteiger partial charge in [-0.25, -0.2) is 4.79 Å². The maximum atomic E-state index is 12.0. The van der Waals surface area contributed by atoms with Gasteiger partial charge in [-0.05, 0) is 47.0 Å². The van der Waals surface area contributed by atoms with Gasteiger partial charge in [0.05, 0.1) is 6.04 Å². The van der Waals surface area contributed by atoms with E-state index in [4.69, 9.17) is 10.5 Å². The van der Waals surface area contributed by atoms with Crippen molar-refractivity contribution in [1.29, 1.82) is 0 Å². The Labute approximate surface area is 121 Å². The molecule has 6 nitrogen and oxygen atoms in total. The van der Waals surface area contributed by atoms with Gasteiger partial charge < -0.3 is 20.7 Å². The van der Waals surface area contributed by atoms with Crippen LogP contribution in [-0.4, -0.2) is 47.7 Å². The fourth-order valence-corrected chi connectivity index (χ4v) is 2.28. The Bertz CT molecular complexity index is 350. The first-order valence-electron chi connectivity index (χ1n) is 7.23. The summed E-state index contributed by atoms with van der Waals surface area (Å²) in [6, 6.07) is -0.494. The van der Waals surface area contributed by atoms with E-state index in [1.54, 1.807) is 11.8 Å². The van der Waals surface area contributed by atoms with Gasteiger partial charge in [-0.1, -0.05) is 0 Å². The molecule has 1 heterocycles. The van der Waals surface area contributed by atoms with Crippen LogP contribution in [0.15, 0.2) is 0 Å². The molecule has 1 fully saturated rings. The second-order valence-corrected chi connectivity index (χ2v) is 6.35. The Morgan fingerprint density at radius 1 is 1.40 bits per heavy atom. The number of ether oxygens (including phenoxy) is 1. The van der Waals surface area contributed by atoms with E-state index in [1.165, 1.54) is 0 Å². The first-order valence-corrected chi connectivity index (χ1v) is 7.23. The van der Waals surface area contributed by atoms with Gasteiger partial charge in [-0.3, -0.25) is 4.79 Å². The van der Waals surface area contributed by atoms with Gasteiger partial charge in [-0.15, -0.1) is 0 Å². The number of piperidine rings is 1. The number of hydrogen-bond donors (Lipinski definition) is 2. The third kappa shape index (κ3) is 5.36.